The predicted molar refractivity (Wildman–Crippen MR) is 118 cm³/mol. The van der Waals surface area contributed by atoms with Crippen molar-refractivity contribution in [3.8, 4) is 22.6 Å². The van der Waals surface area contributed by atoms with Gasteiger partial charge in [-0.1, -0.05) is 44.2 Å². The minimum absolute atomic E-state index is 0.0366. The van der Waals surface area contributed by atoms with Gasteiger partial charge in [-0.05, 0) is 30.3 Å². The molecule has 0 unspecified atom stereocenters. The second-order valence-electron chi connectivity index (χ2n) is 8.13. The van der Waals surface area contributed by atoms with Gasteiger partial charge in [0.1, 0.15) is 11.5 Å². The topological polar surface area (TPSA) is 130 Å². The maximum Gasteiger partial charge on any atom is 0.373 e. The average molecular weight is 447 g/mol. The molecule has 0 amide bonds. The maximum absolute atomic E-state index is 14.2. The lowest BCUT2D eigenvalue weighted by molar-refractivity contribution is -0.191. The number of nitrogens with zero attached hydrogens (tertiary/aromatic N) is 6. The van der Waals surface area contributed by atoms with Gasteiger partial charge in [-0.2, -0.15) is 9.59 Å². The number of nitrogens with two attached hydrogens (primary N) is 1. The Bertz CT molecular complexity index is 1290. The summed E-state index contributed by atoms with van der Waals surface area (Å²) < 4.78 is 15.8. The van der Waals surface area contributed by atoms with Crippen LogP contribution >= 0.6 is 0 Å². The molecule has 3 heterocycles. The summed E-state index contributed by atoms with van der Waals surface area (Å²) in [6, 6.07) is 14.0. The van der Waals surface area contributed by atoms with Crippen LogP contribution in [0.5, 0.6) is 0 Å². The molecule has 33 heavy (non-hydrogen) atoms. The Morgan fingerprint density at radius 3 is 2.36 bits per heavy atom. The number of pyridine rings is 1. The quantitative estimate of drug-likeness (QED) is 0.504. The number of carbonyl (C=O) groups excluding carboxylic acids is 2. The molecule has 0 fully saturated rings. The van der Waals surface area contributed by atoms with Gasteiger partial charge in [-0.25, -0.2) is 19.0 Å². The summed E-state index contributed by atoms with van der Waals surface area (Å²) in [5, 5.41) is 8.38. The fourth-order valence-corrected chi connectivity index (χ4v) is 3.05. The van der Waals surface area contributed by atoms with Gasteiger partial charge in [0.2, 0.25) is 5.95 Å². The average Bonchev–Trinajstić information content (AvgIpc) is 3.22. The molecule has 0 aliphatic carbocycles. The summed E-state index contributed by atoms with van der Waals surface area (Å²) in [6.07, 6.45) is 2.01. The van der Waals surface area contributed by atoms with Crippen LogP contribution in [0.1, 0.15) is 32.2 Å². The molecule has 2 N–H and O–H groups in total. The van der Waals surface area contributed by atoms with E-state index in [1.165, 1.54) is 6.07 Å². The Labute approximate surface area is 189 Å². The van der Waals surface area contributed by atoms with Crippen molar-refractivity contribution in [2.75, 3.05) is 5.73 Å². The number of hydrogen-bond donors (Lipinski definition) is 1. The molecule has 0 aliphatic heterocycles. The highest BCUT2D eigenvalue weighted by Gasteiger charge is 2.16. The second kappa shape index (κ2) is 9.88. The van der Waals surface area contributed by atoms with Gasteiger partial charge >= 0.3 is 6.15 Å². The molecule has 0 saturated heterocycles. The van der Waals surface area contributed by atoms with E-state index in [1.54, 1.807) is 35.1 Å². The monoisotopic (exact) mass is 447 g/mol. The Hall–Kier alpha value is -4.30. The third kappa shape index (κ3) is 5.90. The highest BCUT2D eigenvalue weighted by Crippen LogP contribution is 2.25. The van der Waals surface area contributed by atoms with Crippen molar-refractivity contribution < 1.29 is 14.0 Å². The zero-order chi connectivity index (χ0) is 24.0. The molecule has 0 aliphatic rings. The smallest absolute Gasteiger partial charge is 0.368 e. The summed E-state index contributed by atoms with van der Waals surface area (Å²) in [4.78, 5) is 29.4. The van der Waals surface area contributed by atoms with E-state index in [4.69, 9.17) is 20.3 Å². The van der Waals surface area contributed by atoms with Crippen LogP contribution in [0.2, 0.25) is 0 Å². The fourth-order valence-electron chi connectivity index (χ4n) is 3.05. The van der Waals surface area contributed by atoms with Crippen LogP contribution in [0, 0.1) is 5.82 Å². The molecule has 0 atom stereocenters. The van der Waals surface area contributed by atoms with Gasteiger partial charge in [0.15, 0.2) is 0 Å². The number of hydrogen-bond acceptors (Lipinski definition) is 8. The molecule has 3 aromatic heterocycles. The van der Waals surface area contributed by atoms with Crippen molar-refractivity contribution >= 4 is 12.1 Å². The maximum atomic E-state index is 14.2. The highest BCUT2D eigenvalue weighted by atomic mass is 19.1. The van der Waals surface area contributed by atoms with Gasteiger partial charge in [-0.15, -0.1) is 5.10 Å². The van der Waals surface area contributed by atoms with E-state index in [1.807, 2.05) is 18.2 Å². The summed E-state index contributed by atoms with van der Waals surface area (Å²) in [7, 11) is 0. The second-order valence-corrected chi connectivity index (χ2v) is 8.13. The first kappa shape index (κ1) is 23.4. The lowest BCUT2D eigenvalue weighted by Gasteiger charge is -2.18. The lowest BCUT2D eigenvalue weighted by atomic mass is 9.91. The van der Waals surface area contributed by atoms with Crippen molar-refractivity contribution in [2.24, 2.45) is 0 Å². The Kier molecular flexibility index (Phi) is 7.00. The first-order valence-corrected chi connectivity index (χ1v) is 9.97. The number of anilines is 1. The fraction of sp³-hybridized carbons (Fsp3) is 0.217. The summed E-state index contributed by atoms with van der Waals surface area (Å²) >= 11 is 0. The zero-order valence-electron chi connectivity index (χ0n) is 18.4. The van der Waals surface area contributed by atoms with Crippen molar-refractivity contribution in [3.63, 3.8) is 0 Å². The number of halogens is 1. The minimum Gasteiger partial charge on any atom is -0.368 e. The van der Waals surface area contributed by atoms with Crippen LogP contribution in [-0.2, 0) is 21.5 Å². The molecule has 0 saturated carbocycles. The van der Waals surface area contributed by atoms with E-state index in [2.05, 4.69) is 41.1 Å². The molecule has 0 radical (unpaired) electrons. The summed E-state index contributed by atoms with van der Waals surface area (Å²) in [5.41, 5.74) is 9.46. The predicted octanol–water partition coefficient (Wildman–Crippen LogP) is 3.28. The van der Waals surface area contributed by atoms with E-state index < -0.39 is 0 Å². The highest BCUT2D eigenvalue weighted by molar-refractivity contribution is 5.67. The van der Waals surface area contributed by atoms with Crippen LogP contribution in [0.25, 0.3) is 22.6 Å². The normalized spacial score (nSPS) is 10.8. The van der Waals surface area contributed by atoms with Gasteiger partial charge in [0, 0.05) is 16.7 Å². The standard InChI is InChI=1S/C22H22FN7.CO2/c1-22(2,3)20-10-6-7-14(25-20)12-30-13-19(28-29-30)18-11-17(26-21(24)27-18)15-8-4-5-9-16(15)23;2-1-3/h4-11,13H,12H2,1-3H3,(H2,24,26,27);. The number of rotatable bonds is 4. The van der Waals surface area contributed by atoms with Crippen LogP contribution in [0.15, 0.2) is 54.7 Å². The number of benzene rings is 1. The first-order chi connectivity index (χ1) is 15.7. The van der Waals surface area contributed by atoms with E-state index in [0.717, 1.165) is 11.4 Å². The minimum atomic E-state index is -0.380. The van der Waals surface area contributed by atoms with E-state index in [0.29, 0.717) is 29.2 Å². The van der Waals surface area contributed by atoms with E-state index in [9.17, 15) is 4.39 Å². The largest absolute Gasteiger partial charge is 0.373 e. The van der Waals surface area contributed by atoms with E-state index in [-0.39, 0.29) is 23.3 Å². The van der Waals surface area contributed by atoms with Crippen molar-refractivity contribution in [1.29, 1.82) is 0 Å². The van der Waals surface area contributed by atoms with Crippen molar-refractivity contribution in [2.45, 2.75) is 32.7 Å². The third-order valence-corrected chi connectivity index (χ3v) is 4.59. The van der Waals surface area contributed by atoms with Gasteiger partial charge in [0.25, 0.3) is 0 Å². The van der Waals surface area contributed by atoms with Crippen molar-refractivity contribution in [1.82, 2.24) is 29.9 Å². The molecule has 4 aromatic rings. The van der Waals surface area contributed by atoms with Crippen molar-refractivity contribution in [3.05, 3.63) is 71.9 Å². The van der Waals surface area contributed by atoms with Gasteiger partial charge in [-0.3, -0.25) is 4.98 Å². The summed E-state index contributed by atoms with van der Waals surface area (Å²) in [6.45, 7) is 6.84. The SMILES string of the molecule is CC(C)(C)c1cccc(Cn2cc(-c3cc(-c4ccccc4F)nc(N)n3)nn2)n1.O=C=O. The first-order valence-electron chi connectivity index (χ1n) is 9.97. The van der Waals surface area contributed by atoms with Crippen LogP contribution in [0.3, 0.4) is 0 Å². The van der Waals surface area contributed by atoms with Crippen LogP contribution < -0.4 is 5.73 Å². The Morgan fingerprint density at radius 2 is 1.67 bits per heavy atom. The lowest BCUT2D eigenvalue weighted by Crippen LogP contribution is -2.15. The Balaban J connectivity index is 0.000000968. The molecule has 10 heteroatoms. The van der Waals surface area contributed by atoms with Crippen LogP contribution in [0.4, 0.5) is 10.3 Å². The Morgan fingerprint density at radius 1 is 0.970 bits per heavy atom. The molecule has 1 aromatic carbocycles. The molecule has 9 nitrogen and oxygen atoms in total. The van der Waals surface area contributed by atoms with Crippen LogP contribution in [-0.4, -0.2) is 36.1 Å². The number of nitrogen functional groups attached to an aromatic ring is 1. The zero-order valence-corrected chi connectivity index (χ0v) is 18.4. The number of aromatic nitrogens is 6. The van der Waals surface area contributed by atoms with Gasteiger partial charge in [0.05, 0.1) is 29.8 Å². The molecular weight excluding hydrogens is 425 g/mol. The molecule has 168 valence electrons. The third-order valence-electron chi connectivity index (χ3n) is 4.59. The molecule has 0 bridgehead atoms. The molecular formula is C23H22FN7O2. The summed E-state index contributed by atoms with van der Waals surface area (Å²) in [5.74, 6) is -0.338. The molecule has 0 spiro atoms. The molecule has 4 rings (SSSR count). The van der Waals surface area contributed by atoms with Gasteiger partial charge < -0.3 is 5.73 Å². The van der Waals surface area contributed by atoms with E-state index >= 15 is 0 Å².